The van der Waals surface area contributed by atoms with Gasteiger partial charge in [0.1, 0.15) is 6.04 Å². The van der Waals surface area contributed by atoms with Crippen molar-refractivity contribution in [1.29, 1.82) is 0 Å². The molecule has 0 spiro atoms. The molecule has 0 N–H and O–H groups in total. The lowest BCUT2D eigenvalue weighted by Gasteiger charge is -2.19. The number of esters is 1. The first kappa shape index (κ1) is 12.4. The molecular formula is C10H21NO2. The van der Waals surface area contributed by atoms with E-state index in [4.69, 9.17) is 4.74 Å². The molecule has 3 heteroatoms. The van der Waals surface area contributed by atoms with E-state index in [1.165, 1.54) is 0 Å². The third-order valence-electron chi connectivity index (χ3n) is 2.32. The molecule has 2 unspecified atom stereocenters. The fourth-order valence-corrected chi connectivity index (χ4v) is 0.674. The van der Waals surface area contributed by atoms with Crippen LogP contribution < -0.4 is 0 Å². The van der Waals surface area contributed by atoms with Crippen LogP contribution in [0.3, 0.4) is 0 Å². The summed E-state index contributed by atoms with van der Waals surface area (Å²) in [5.74, 6) is 0.323. The Hall–Kier alpha value is -0.570. The fourth-order valence-electron chi connectivity index (χ4n) is 0.674. The maximum Gasteiger partial charge on any atom is 0.323 e. The van der Waals surface area contributed by atoms with Crippen molar-refractivity contribution in [2.24, 2.45) is 5.92 Å². The van der Waals surface area contributed by atoms with E-state index < -0.39 is 0 Å². The number of nitrogens with zero attached hydrogens (tertiary/aromatic N) is 1. The molecule has 0 saturated carbocycles. The minimum Gasteiger partial charge on any atom is -0.464 e. The molecule has 3 nitrogen and oxygen atoms in total. The summed E-state index contributed by atoms with van der Waals surface area (Å²) in [6.07, 6.45) is 1.05. The molecule has 0 bridgehead atoms. The van der Waals surface area contributed by atoms with Gasteiger partial charge in [-0.25, -0.2) is 0 Å². The van der Waals surface area contributed by atoms with E-state index in [9.17, 15) is 4.79 Å². The molecule has 0 amide bonds. The largest absolute Gasteiger partial charge is 0.464 e. The van der Waals surface area contributed by atoms with Gasteiger partial charge in [0.05, 0.1) is 6.61 Å². The Morgan fingerprint density at radius 1 is 1.38 bits per heavy atom. The van der Waals surface area contributed by atoms with Gasteiger partial charge in [0, 0.05) is 0 Å². The summed E-state index contributed by atoms with van der Waals surface area (Å²) >= 11 is 0. The SMILES string of the molecule is CCC(C)COC(=O)C(C)N(C)C. The monoisotopic (exact) mass is 187 g/mol. The van der Waals surface area contributed by atoms with Crippen LogP contribution in [0.2, 0.25) is 0 Å². The molecule has 78 valence electrons. The van der Waals surface area contributed by atoms with Crippen LogP contribution in [-0.4, -0.2) is 37.6 Å². The van der Waals surface area contributed by atoms with Gasteiger partial charge in [-0.2, -0.15) is 0 Å². The molecule has 0 rings (SSSR count). The standard InChI is InChI=1S/C10H21NO2/c1-6-8(2)7-13-10(12)9(3)11(4)5/h8-9H,6-7H2,1-5H3. The molecule has 0 heterocycles. The molecular weight excluding hydrogens is 166 g/mol. The Kier molecular flexibility index (Phi) is 5.71. The van der Waals surface area contributed by atoms with E-state index >= 15 is 0 Å². The third kappa shape index (κ3) is 4.88. The topological polar surface area (TPSA) is 29.5 Å². The van der Waals surface area contributed by atoms with E-state index in [2.05, 4.69) is 13.8 Å². The number of rotatable bonds is 5. The molecule has 0 aliphatic heterocycles. The number of carbonyl (C=O) groups is 1. The van der Waals surface area contributed by atoms with E-state index in [-0.39, 0.29) is 12.0 Å². The summed E-state index contributed by atoms with van der Waals surface area (Å²) < 4.78 is 5.14. The van der Waals surface area contributed by atoms with Crippen LogP contribution in [0.15, 0.2) is 0 Å². The van der Waals surface area contributed by atoms with Crippen LogP contribution >= 0.6 is 0 Å². The lowest BCUT2D eigenvalue weighted by Crippen LogP contribution is -2.34. The summed E-state index contributed by atoms with van der Waals surface area (Å²) in [7, 11) is 3.74. The second kappa shape index (κ2) is 5.97. The van der Waals surface area contributed by atoms with Crippen molar-refractivity contribution in [2.45, 2.75) is 33.2 Å². The summed E-state index contributed by atoms with van der Waals surface area (Å²) in [5.41, 5.74) is 0. The Morgan fingerprint density at radius 3 is 2.31 bits per heavy atom. The maximum absolute atomic E-state index is 11.3. The van der Waals surface area contributed by atoms with E-state index in [1.54, 1.807) is 0 Å². The second-order valence-electron chi connectivity index (χ2n) is 3.78. The zero-order valence-corrected chi connectivity index (χ0v) is 9.33. The van der Waals surface area contributed by atoms with Gasteiger partial charge >= 0.3 is 5.97 Å². The number of hydrogen-bond donors (Lipinski definition) is 0. The predicted octanol–water partition coefficient (Wildman–Crippen LogP) is 1.53. The molecule has 0 fully saturated rings. The first-order valence-electron chi connectivity index (χ1n) is 4.82. The molecule has 0 radical (unpaired) electrons. The smallest absolute Gasteiger partial charge is 0.323 e. The molecule has 0 aromatic heterocycles. The van der Waals surface area contributed by atoms with Crippen molar-refractivity contribution in [3.8, 4) is 0 Å². The lowest BCUT2D eigenvalue weighted by molar-refractivity contribution is -0.149. The second-order valence-corrected chi connectivity index (χ2v) is 3.78. The predicted molar refractivity (Wildman–Crippen MR) is 53.6 cm³/mol. The molecule has 13 heavy (non-hydrogen) atoms. The Morgan fingerprint density at radius 2 is 1.92 bits per heavy atom. The number of ether oxygens (including phenoxy) is 1. The van der Waals surface area contributed by atoms with Crippen LogP contribution in [-0.2, 0) is 9.53 Å². The van der Waals surface area contributed by atoms with Crippen molar-refractivity contribution in [3.63, 3.8) is 0 Å². The Labute approximate surface area is 81.1 Å². The van der Waals surface area contributed by atoms with E-state index in [0.717, 1.165) is 6.42 Å². The fraction of sp³-hybridized carbons (Fsp3) is 0.900. The molecule has 0 aliphatic carbocycles. The lowest BCUT2D eigenvalue weighted by atomic mass is 10.1. The number of carbonyl (C=O) groups excluding carboxylic acids is 1. The summed E-state index contributed by atoms with van der Waals surface area (Å²) in [6.45, 7) is 6.55. The number of likely N-dealkylation sites (N-methyl/N-ethyl adjacent to an activating group) is 1. The van der Waals surface area contributed by atoms with Gasteiger partial charge < -0.3 is 4.74 Å². The number of hydrogen-bond acceptors (Lipinski definition) is 3. The van der Waals surface area contributed by atoms with Gasteiger partial charge in [0.25, 0.3) is 0 Å². The summed E-state index contributed by atoms with van der Waals surface area (Å²) in [6, 6.07) is -0.149. The zero-order valence-electron chi connectivity index (χ0n) is 9.33. The molecule has 0 aliphatic rings. The first-order chi connectivity index (χ1) is 5.99. The first-order valence-corrected chi connectivity index (χ1v) is 4.82. The van der Waals surface area contributed by atoms with Crippen LogP contribution in [0.25, 0.3) is 0 Å². The van der Waals surface area contributed by atoms with Gasteiger partial charge in [-0.05, 0) is 26.9 Å². The minimum atomic E-state index is -0.149. The van der Waals surface area contributed by atoms with Gasteiger partial charge in [-0.3, -0.25) is 9.69 Å². The normalized spacial score (nSPS) is 15.5. The van der Waals surface area contributed by atoms with Crippen LogP contribution in [0.1, 0.15) is 27.2 Å². The van der Waals surface area contributed by atoms with Crippen LogP contribution in [0, 0.1) is 5.92 Å². The van der Waals surface area contributed by atoms with E-state index in [1.807, 2.05) is 25.9 Å². The van der Waals surface area contributed by atoms with Crippen molar-refractivity contribution >= 4 is 5.97 Å². The molecule has 2 atom stereocenters. The van der Waals surface area contributed by atoms with Gasteiger partial charge in [-0.15, -0.1) is 0 Å². The van der Waals surface area contributed by atoms with E-state index in [0.29, 0.717) is 12.5 Å². The molecule has 0 aromatic carbocycles. The molecule has 0 aromatic rings. The minimum absolute atomic E-state index is 0.134. The van der Waals surface area contributed by atoms with Gasteiger partial charge in [0.2, 0.25) is 0 Å². The average Bonchev–Trinajstić information content (AvgIpc) is 2.11. The van der Waals surface area contributed by atoms with Crippen molar-refractivity contribution < 1.29 is 9.53 Å². The molecule has 0 saturated heterocycles. The zero-order chi connectivity index (χ0) is 10.4. The van der Waals surface area contributed by atoms with Crippen LogP contribution in [0.4, 0.5) is 0 Å². The van der Waals surface area contributed by atoms with Crippen LogP contribution in [0.5, 0.6) is 0 Å². The summed E-state index contributed by atoms with van der Waals surface area (Å²) in [4.78, 5) is 13.2. The Balaban J connectivity index is 3.74. The highest BCUT2D eigenvalue weighted by atomic mass is 16.5. The maximum atomic E-state index is 11.3. The van der Waals surface area contributed by atoms with Crippen molar-refractivity contribution in [3.05, 3.63) is 0 Å². The van der Waals surface area contributed by atoms with Crippen molar-refractivity contribution in [1.82, 2.24) is 4.90 Å². The average molecular weight is 187 g/mol. The third-order valence-corrected chi connectivity index (χ3v) is 2.32. The van der Waals surface area contributed by atoms with Gasteiger partial charge in [0.15, 0.2) is 0 Å². The Bertz CT molecular complexity index is 157. The quantitative estimate of drug-likeness (QED) is 0.611. The summed E-state index contributed by atoms with van der Waals surface area (Å²) in [5, 5.41) is 0. The highest BCUT2D eigenvalue weighted by Gasteiger charge is 2.16. The van der Waals surface area contributed by atoms with Gasteiger partial charge in [-0.1, -0.05) is 20.3 Å². The highest BCUT2D eigenvalue weighted by molar-refractivity contribution is 5.75. The highest BCUT2D eigenvalue weighted by Crippen LogP contribution is 2.03. The van der Waals surface area contributed by atoms with Crippen molar-refractivity contribution in [2.75, 3.05) is 20.7 Å².